The van der Waals surface area contributed by atoms with Crippen molar-refractivity contribution >= 4 is 28.2 Å². The maximum absolute atomic E-state index is 2.34. The summed E-state index contributed by atoms with van der Waals surface area (Å²) in [4.78, 5) is 2.34. The number of hydrogen-bond donors (Lipinski definition) is 0. The van der Waals surface area contributed by atoms with E-state index in [1.807, 2.05) is 0 Å². The molecular weight excluding hydrogens is 518 g/mol. The van der Waals surface area contributed by atoms with Gasteiger partial charge in [0.05, 0.1) is 0 Å². The van der Waals surface area contributed by atoms with Crippen molar-refractivity contribution in [2.45, 2.75) is 26.7 Å². The van der Waals surface area contributed by atoms with Gasteiger partial charge >= 0.3 is 0 Å². The minimum absolute atomic E-state index is 1.04. The molecule has 0 saturated carbocycles. The Morgan fingerprint density at radius 3 is 1.30 bits per heavy atom. The highest BCUT2D eigenvalue weighted by atomic mass is 15.1. The molecule has 0 radical (unpaired) electrons. The molecule has 0 bridgehead atoms. The van der Waals surface area contributed by atoms with E-state index >= 15 is 0 Å². The summed E-state index contributed by atoms with van der Waals surface area (Å²) in [6.45, 7) is 4.27. The molecule has 6 aromatic rings. The maximum atomic E-state index is 2.34. The van der Waals surface area contributed by atoms with Crippen LogP contribution in [0.2, 0.25) is 0 Å². The smallest absolute Gasteiger partial charge is 0.0462 e. The summed E-state index contributed by atoms with van der Waals surface area (Å²) in [6, 6.07) is 55.5. The summed E-state index contributed by atoms with van der Waals surface area (Å²) in [7, 11) is 0. The van der Waals surface area contributed by atoms with E-state index in [2.05, 4.69) is 170 Å². The summed E-state index contributed by atoms with van der Waals surface area (Å²) in [6.07, 6.45) is 2.08. The van der Waals surface area contributed by atoms with E-state index in [4.69, 9.17) is 0 Å². The molecule has 0 aromatic heterocycles. The van der Waals surface area contributed by atoms with Crippen LogP contribution in [0.4, 0.5) is 17.1 Å². The number of aryl methyl sites for hydroxylation is 4. The average molecular weight is 554 g/mol. The van der Waals surface area contributed by atoms with Crippen LogP contribution in [0, 0.1) is 13.8 Å². The second-order valence-electron chi connectivity index (χ2n) is 11.5. The molecule has 0 saturated heterocycles. The number of nitrogens with zero attached hydrogens (tertiary/aromatic N) is 1. The lowest BCUT2D eigenvalue weighted by molar-refractivity contribution is 0.965. The first kappa shape index (κ1) is 26.7. The normalized spacial score (nSPS) is 12.2. The van der Waals surface area contributed by atoms with Crippen molar-refractivity contribution in [3.05, 3.63) is 196 Å². The summed E-state index contributed by atoms with van der Waals surface area (Å²) >= 11 is 0. The Kier molecular flexibility index (Phi) is 7.23. The van der Waals surface area contributed by atoms with Crippen LogP contribution >= 0.6 is 0 Å². The number of hydrogen-bond acceptors (Lipinski definition) is 1. The van der Waals surface area contributed by atoms with Crippen LogP contribution in [0.1, 0.15) is 44.5 Å². The van der Waals surface area contributed by atoms with Gasteiger partial charge in [-0.2, -0.15) is 0 Å². The number of benzene rings is 6. The van der Waals surface area contributed by atoms with E-state index in [9.17, 15) is 0 Å². The van der Waals surface area contributed by atoms with Crippen LogP contribution < -0.4 is 4.90 Å². The topological polar surface area (TPSA) is 3.24 Å². The van der Waals surface area contributed by atoms with Gasteiger partial charge in [-0.05, 0) is 108 Å². The molecule has 1 nitrogen and oxygen atoms in total. The zero-order valence-corrected chi connectivity index (χ0v) is 24.8. The molecule has 208 valence electrons. The summed E-state index contributed by atoms with van der Waals surface area (Å²) in [5, 5.41) is 0. The fraction of sp³-hybridized carbons (Fsp3) is 0.0952. The lowest BCUT2D eigenvalue weighted by Gasteiger charge is -2.26. The van der Waals surface area contributed by atoms with Crippen molar-refractivity contribution in [1.29, 1.82) is 0 Å². The fourth-order valence-corrected chi connectivity index (χ4v) is 6.32. The Morgan fingerprint density at radius 1 is 0.419 bits per heavy atom. The Hall–Kier alpha value is -5.14. The predicted octanol–water partition coefficient (Wildman–Crippen LogP) is 10.9. The first-order valence-corrected chi connectivity index (χ1v) is 15.2. The van der Waals surface area contributed by atoms with Gasteiger partial charge in [0.15, 0.2) is 0 Å². The first-order valence-electron chi connectivity index (χ1n) is 15.2. The molecule has 0 amide bonds. The van der Waals surface area contributed by atoms with E-state index in [-0.39, 0.29) is 0 Å². The largest absolute Gasteiger partial charge is 0.311 e. The van der Waals surface area contributed by atoms with Crippen molar-refractivity contribution in [2.24, 2.45) is 0 Å². The van der Waals surface area contributed by atoms with Crippen LogP contribution in [0.15, 0.2) is 152 Å². The van der Waals surface area contributed by atoms with E-state index in [0.29, 0.717) is 0 Å². The summed E-state index contributed by atoms with van der Waals surface area (Å²) in [5.74, 6) is 0. The molecule has 1 aliphatic rings. The maximum Gasteiger partial charge on any atom is 0.0462 e. The van der Waals surface area contributed by atoms with Crippen LogP contribution in [-0.2, 0) is 12.8 Å². The van der Waals surface area contributed by atoms with E-state index < -0.39 is 0 Å². The molecule has 43 heavy (non-hydrogen) atoms. The van der Waals surface area contributed by atoms with Crippen LogP contribution in [-0.4, -0.2) is 0 Å². The standard InChI is InChI=1S/C42H35N/c1-30-16-24-36(25-17-30)43(37-26-18-31(2)19-27-37)38-28-22-35(23-29-38)41(34-12-4-3-5-13-34)42-39-14-8-6-10-32(39)20-21-33-11-7-9-15-40(33)42/h3-19,22-29H,20-21H2,1-2H3. The monoisotopic (exact) mass is 553 g/mol. The highest BCUT2D eigenvalue weighted by Crippen LogP contribution is 2.42. The molecule has 0 heterocycles. The molecule has 0 unspecified atom stereocenters. The predicted molar refractivity (Wildman–Crippen MR) is 182 cm³/mol. The molecule has 0 atom stereocenters. The number of rotatable bonds is 5. The van der Waals surface area contributed by atoms with Crippen molar-refractivity contribution in [1.82, 2.24) is 0 Å². The van der Waals surface area contributed by atoms with Gasteiger partial charge in [-0.25, -0.2) is 0 Å². The molecule has 0 aliphatic heterocycles. The highest BCUT2D eigenvalue weighted by Gasteiger charge is 2.23. The van der Waals surface area contributed by atoms with Gasteiger partial charge in [-0.1, -0.05) is 126 Å². The quantitative estimate of drug-likeness (QED) is 0.205. The Morgan fingerprint density at radius 2 is 0.814 bits per heavy atom. The molecule has 0 fully saturated rings. The zero-order valence-electron chi connectivity index (χ0n) is 24.8. The van der Waals surface area contributed by atoms with Gasteiger partial charge in [-0.3, -0.25) is 0 Å². The molecule has 1 aliphatic carbocycles. The summed E-state index contributed by atoms with van der Waals surface area (Å²) < 4.78 is 0. The van der Waals surface area contributed by atoms with Crippen molar-refractivity contribution in [3.63, 3.8) is 0 Å². The Labute approximate surface area is 255 Å². The van der Waals surface area contributed by atoms with Gasteiger partial charge in [0.25, 0.3) is 0 Å². The van der Waals surface area contributed by atoms with Gasteiger partial charge < -0.3 is 4.90 Å². The second kappa shape index (κ2) is 11.6. The third-order valence-electron chi connectivity index (χ3n) is 8.55. The lowest BCUT2D eigenvalue weighted by Crippen LogP contribution is -2.10. The lowest BCUT2D eigenvalue weighted by atomic mass is 9.84. The van der Waals surface area contributed by atoms with Crippen LogP contribution in [0.25, 0.3) is 11.1 Å². The van der Waals surface area contributed by atoms with E-state index in [0.717, 1.165) is 29.9 Å². The van der Waals surface area contributed by atoms with Crippen LogP contribution in [0.3, 0.4) is 0 Å². The van der Waals surface area contributed by atoms with E-state index in [1.54, 1.807) is 0 Å². The van der Waals surface area contributed by atoms with Gasteiger partial charge in [0.1, 0.15) is 0 Å². The molecule has 0 N–H and O–H groups in total. The van der Waals surface area contributed by atoms with E-state index in [1.165, 1.54) is 55.7 Å². The number of fused-ring (bicyclic) bond motifs is 2. The fourth-order valence-electron chi connectivity index (χ4n) is 6.32. The highest BCUT2D eigenvalue weighted by molar-refractivity contribution is 6.06. The van der Waals surface area contributed by atoms with Gasteiger partial charge in [0, 0.05) is 17.1 Å². The average Bonchev–Trinajstić information content (AvgIpc) is 3.22. The minimum Gasteiger partial charge on any atom is -0.311 e. The SMILES string of the molecule is Cc1ccc(N(c2ccc(C)cc2)c2ccc(C(=C3c4ccccc4CCc4ccccc43)c3ccccc3)cc2)cc1. The Balaban J connectivity index is 1.44. The first-order chi connectivity index (χ1) is 21.2. The van der Waals surface area contributed by atoms with Gasteiger partial charge in [-0.15, -0.1) is 0 Å². The molecular formula is C42H35N. The van der Waals surface area contributed by atoms with Crippen molar-refractivity contribution in [2.75, 3.05) is 4.90 Å². The zero-order chi connectivity index (χ0) is 29.2. The Bertz CT molecular complexity index is 1800. The third kappa shape index (κ3) is 5.31. The number of anilines is 3. The molecule has 7 rings (SSSR count). The third-order valence-corrected chi connectivity index (χ3v) is 8.55. The molecule has 1 heteroatoms. The second-order valence-corrected chi connectivity index (χ2v) is 11.5. The van der Waals surface area contributed by atoms with Crippen molar-refractivity contribution in [3.8, 4) is 0 Å². The molecule has 6 aromatic carbocycles. The minimum atomic E-state index is 1.04. The molecule has 0 spiro atoms. The van der Waals surface area contributed by atoms with Crippen LogP contribution in [0.5, 0.6) is 0 Å². The summed E-state index contributed by atoms with van der Waals surface area (Å²) in [5.41, 5.74) is 16.4. The van der Waals surface area contributed by atoms with Crippen molar-refractivity contribution < 1.29 is 0 Å². The van der Waals surface area contributed by atoms with Gasteiger partial charge in [0.2, 0.25) is 0 Å².